The first-order valence-electron chi connectivity index (χ1n) is 8.47. The largest absolute Gasteiger partial charge is 0.496 e. The van der Waals surface area contributed by atoms with Crippen molar-refractivity contribution in [2.24, 2.45) is 0 Å². The quantitative estimate of drug-likeness (QED) is 0.662. The summed E-state index contributed by atoms with van der Waals surface area (Å²) in [4.78, 5) is 25.2. The van der Waals surface area contributed by atoms with E-state index < -0.39 is 0 Å². The molecule has 0 saturated carbocycles. The van der Waals surface area contributed by atoms with Crippen molar-refractivity contribution in [2.75, 3.05) is 12.4 Å². The highest BCUT2D eigenvalue weighted by Crippen LogP contribution is 2.24. The number of amides is 2. The number of hydrogen-bond donors (Lipinski definition) is 2. The van der Waals surface area contributed by atoms with E-state index in [1.165, 1.54) is 11.3 Å². The van der Waals surface area contributed by atoms with Crippen molar-refractivity contribution < 1.29 is 14.3 Å². The fourth-order valence-corrected chi connectivity index (χ4v) is 3.31. The van der Waals surface area contributed by atoms with Gasteiger partial charge in [-0.1, -0.05) is 24.3 Å². The molecule has 0 aliphatic heterocycles. The number of nitrogens with one attached hydrogen (secondary N) is 2. The van der Waals surface area contributed by atoms with Gasteiger partial charge in [-0.15, -0.1) is 11.3 Å². The second kappa shape index (κ2) is 8.51. The van der Waals surface area contributed by atoms with Gasteiger partial charge < -0.3 is 15.4 Å². The normalized spacial score (nSPS) is 11.5. The van der Waals surface area contributed by atoms with Crippen LogP contribution in [0.1, 0.15) is 38.6 Å². The van der Waals surface area contributed by atoms with Crippen LogP contribution in [-0.2, 0) is 0 Å². The Labute approximate surface area is 162 Å². The van der Waals surface area contributed by atoms with Gasteiger partial charge in [0, 0.05) is 16.8 Å². The summed E-state index contributed by atoms with van der Waals surface area (Å²) in [7, 11) is 1.61. The Morgan fingerprint density at radius 2 is 1.70 bits per heavy atom. The molecule has 0 unspecified atom stereocenters. The first-order chi connectivity index (χ1) is 13.1. The van der Waals surface area contributed by atoms with Gasteiger partial charge in [-0.3, -0.25) is 9.59 Å². The maximum atomic E-state index is 12.5. The summed E-state index contributed by atoms with van der Waals surface area (Å²) < 4.78 is 5.35. The number of methoxy groups -OCH3 is 1. The molecule has 1 atom stereocenters. The lowest BCUT2D eigenvalue weighted by Crippen LogP contribution is -2.26. The van der Waals surface area contributed by atoms with E-state index >= 15 is 0 Å². The first kappa shape index (κ1) is 18.7. The summed E-state index contributed by atoms with van der Waals surface area (Å²) >= 11 is 1.38. The molecule has 0 fully saturated rings. The van der Waals surface area contributed by atoms with Crippen LogP contribution < -0.4 is 15.4 Å². The predicted molar refractivity (Wildman–Crippen MR) is 108 cm³/mol. The van der Waals surface area contributed by atoms with E-state index in [2.05, 4.69) is 10.6 Å². The fourth-order valence-electron chi connectivity index (χ4n) is 2.69. The molecule has 3 aromatic rings. The lowest BCUT2D eigenvalue weighted by atomic mass is 10.1. The van der Waals surface area contributed by atoms with Crippen LogP contribution in [0.5, 0.6) is 5.75 Å². The first-order valence-corrected chi connectivity index (χ1v) is 9.35. The van der Waals surface area contributed by atoms with Gasteiger partial charge in [-0.05, 0) is 48.7 Å². The van der Waals surface area contributed by atoms with Gasteiger partial charge in [0.25, 0.3) is 11.8 Å². The van der Waals surface area contributed by atoms with Crippen LogP contribution in [0.15, 0.2) is 66.0 Å². The molecular weight excluding hydrogens is 360 g/mol. The smallest absolute Gasteiger partial charge is 0.265 e. The Bertz CT molecular complexity index is 921. The molecule has 0 bridgehead atoms. The fraction of sp³-hybridized carbons (Fsp3) is 0.143. The highest BCUT2D eigenvalue weighted by atomic mass is 32.1. The summed E-state index contributed by atoms with van der Waals surface area (Å²) in [6, 6.07) is 17.8. The van der Waals surface area contributed by atoms with E-state index in [9.17, 15) is 9.59 Å². The van der Waals surface area contributed by atoms with E-state index in [0.29, 0.717) is 16.1 Å². The number of anilines is 1. The van der Waals surface area contributed by atoms with Gasteiger partial charge in [0.15, 0.2) is 0 Å². The molecule has 2 N–H and O–H groups in total. The van der Waals surface area contributed by atoms with Crippen molar-refractivity contribution in [1.29, 1.82) is 0 Å². The maximum absolute atomic E-state index is 12.5. The second-order valence-electron chi connectivity index (χ2n) is 5.95. The van der Waals surface area contributed by atoms with Crippen LogP contribution >= 0.6 is 11.3 Å². The van der Waals surface area contributed by atoms with Crippen molar-refractivity contribution in [3.63, 3.8) is 0 Å². The van der Waals surface area contributed by atoms with E-state index in [-0.39, 0.29) is 17.9 Å². The average Bonchev–Trinajstić information content (AvgIpc) is 3.23. The second-order valence-corrected chi connectivity index (χ2v) is 6.89. The molecule has 6 heteroatoms. The Morgan fingerprint density at radius 3 is 2.37 bits per heavy atom. The Balaban J connectivity index is 1.64. The van der Waals surface area contributed by atoms with Crippen molar-refractivity contribution >= 4 is 28.8 Å². The van der Waals surface area contributed by atoms with Gasteiger partial charge >= 0.3 is 0 Å². The number of ether oxygens (including phenoxy) is 1. The number of para-hydroxylation sites is 1. The van der Waals surface area contributed by atoms with E-state index in [1.54, 1.807) is 37.4 Å². The maximum Gasteiger partial charge on any atom is 0.265 e. The predicted octanol–water partition coefficient (Wildman–Crippen LogP) is 4.50. The van der Waals surface area contributed by atoms with Crippen molar-refractivity contribution in [1.82, 2.24) is 5.32 Å². The van der Waals surface area contributed by atoms with Crippen molar-refractivity contribution in [2.45, 2.75) is 13.0 Å². The Morgan fingerprint density at radius 1 is 0.963 bits per heavy atom. The van der Waals surface area contributed by atoms with Gasteiger partial charge in [-0.2, -0.15) is 0 Å². The van der Waals surface area contributed by atoms with Gasteiger partial charge in [0.2, 0.25) is 0 Å². The third-order valence-electron chi connectivity index (χ3n) is 4.10. The van der Waals surface area contributed by atoms with E-state index in [4.69, 9.17) is 4.74 Å². The van der Waals surface area contributed by atoms with Crippen LogP contribution in [0.2, 0.25) is 0 Å². The standard InChI is InChI=1S/C21H20N2O3S/c1-14(17-6-3-4-7-18(17)26-2)22-20(24)15-9-11-16(12-10-15)23-21(25)19-8-5-13-27-19/h3-14H,1-2H3,(H,22,24)(H,23,25)/t14-/m1/s1. The third-order valence-corrected chi connectivity index (χ3v) is 4.97. The number of hydrogen-bond acceptors (Lipinski definition) is 4. The molecule has 1 aromatic heterocycles. The SMILES string of the molecule is COc1ccccc1[C@@H](C)NC(=O)c1ccc(NC(=O)c2cccs2)cc1. The number of thiophene rings is 1. The summed E-state index contributed by atoms with van der Waals surface area (Å²) in [5, 5.41) is 7.63. The molecule has 0 radical (unpaired) electrons. The molecule has 0 aliphatic rings. The molecule has 0 aliphatic carbocycles. The van der Waals surface area contributed by atoms with E-state index in [1.807, 2.05) is 42.6 Å². The topological polar surface area (TPSA) is 67.4 Å². The molecule has 138 valence electrons. The summed E-state index contributed by atoms with van der Waals surface area (Å²) in [5.41, 5.74) is 2.07. The minimum Gasteiger partial charge on any atom is -0.496 e. The Hall–Kier alpha value is -3.12. The minimum atomic E-state index is -0.202. The molecule has 2 aromatic carbocycles. The molecule has 0 saturated heterocycles. The lowest BCUT2D eigenvalue weighted by molar-refractivity contribution is 0.0939. The third kappa shape index (κ3) is 4.54. The molecule has 1 heterocycles. The van der Waals surface area contributed by atoms with Gasteiger partial charge in [0.05, 0.1) is 18.0 Å². The Kier molecular flexibility index (Phi) is 5.88. The van der Waals surface area contributed by atoms with Gasteiger partial charge in [-0.25, -0.2) is 0 Å². The number of carbonyl (C=O) groups excluding carboxylic acids is 2. The molecule has 27 heavy (non-hydrogen) atoms. The van der Waals surface area contributed by atoms with E-state index in [0.717, 1.165) is 11.3 Å². The minimum absolute atomic E-state index is 0.160. The van der Waals surface area contributed by atoms with Crippen LogP contribution in [-0.4, -0.2) is 18.9 Å². The molecule has 0 spiro atoms. The molecule has 2 amide bonds. The average molecular weight is 380 g/mol. The number of carbonyl (C=O) groups is 2. The van der Waals surface area contributed by atoms with Crippen molar-refractivity contribution in [3.05, 3.63) is 82.0 Å². The van der Waals surface area contributed by atoms with Crippen LogP contribution in [0.25, 0.3) is 0 Å². The summed E-state index contributed by atoms with van der Waals surface area (Å²) in [5.74, 6) is 0.383. The van der Waals surface area contributed by atoms with Crippen LogP contribution in [0.4, 0.5) is 5.69 Å². The zero-order valence-electron chi connectivity index (χ0n) is 15.1. The highest BCUT2D eigenvalue weighted by Gasteiger charge is 2.15. The van der Waals surface area contributed by atoms with Crippen molar-refractivity contribution in [3.8, 4) is 5.75 Å². The van der Waals surface area contributed by atoms with Crippen LogP contribution in [0.3, 0.4) is 0 Å². The summed E-state index contributed by atoms with van der Waals surface area (Å²) in [6.07, 6.45) is 0. The highest BCUT2D eigenvalue weighted by molar-refractivity contribution is 7.12. The lowest BCUT2D eigenvalue weighted by Gasteiger charge is -2.17. The molecule has 3 rings (SSSR count). The molecule has 5 nitrogen and oxygen atoms in total. The van der Waals surface area contributed by atoms with Crippen LogP contribution in [0, 0.1) is 0 Å². The zero-order chi connectivity index (χ0) is 19.2. The summed E-state index contributed by atoms with van der Waals surface area (Å²) in [6.45, 7) is 1.91. The number of benzene rings is 2. The number of rotatable bonds is 6. The monoisotopic (exact) mass is 380 g/mol. The molecular formula is C21H20N2O3S. The van der Waals surface area contributed by atoms with Gasteiger partial charge in [0.1, 0.15) is 5.75 Å². The zero-order valence-corrected chi connectivity index (χ0v) is 15.9.